The van der Waals surface area contributed by atoms with Gasteiger partial charge in [0.25, 0.3) is 0 Å². The van der Waals surface area contributed by atoms with Crippen LogP contribution in [0, 0.1) is 11.6 Å². The molecule has 1 aromatic heterocycles. The molecule has 0 amide bonds. The number of hydrogen-bond acceptors (Lipinski definition) is 2. The van der Waals surface area contributed by atoms with Gasteiger partial charge in [-0.3, -0.25) is 4.68 Å². The molecule has 2 rings (SSSR count). The zero-order valence-corrected chi connectivity index (χ0v) is 12.1. The molecule has 108 valence electrons. The van der Waals surface area contributed by atoms with Gasteiger partial charge in [-0.05, 0) is 18.1 Å². The molecule has 3 nitrogen and oxygen atoms in total. The van der Waals surface area contributed by atoms with Gasteiger partial charge in [0.05, 0.1) is 11.3 Å². The van der Waals surface area contributed by atoms with Crippen LogP contribution in [0.2, 0.25) is 5.15 Å². The maximum atomic E-state index is 13.8. The van der Waals surface area contributed by atoms with Crippen molar-refractivity contribution < 1.29 is 13.9 Å². The topological polar surface area (TPSA) is 38.0 Å². The van der Waals surface area contributed by atoms with Crippen LogP contribution in [0.3, 0.4) is 0 Å². The SMILES string of the molecule is CC(C)c1nn(C)c(Cl)c1C(O)c1c(F)cccc1F. The molecule has 0 spiro atoms. The van der Waals surface area contributed by atoms with E-state index in [4.69, 9.17) is 11.6 Å². The first-order valence-corrected chi connectivity index (χ1v) is 6.56. The summed E-state index contributed by atoms with van der Waals surface area (Å²) in [6, 6.07) is 3.44. The normalized spacial score (nSPS) is 13.0. The molecule has 1 atom stereocenters. The van der Waals surface area contributed by atoms with E-state index >= 15 is 0 Å². The van der Waals surface area contributed by atoms with E-state index in [0.717, 1.165) is 12.1 Å². The van der Waals surface area contributed by atoms with Gasteiger partial charge in [-0.25, -0.2) is 8.78 Å². The van der Waals surface area contributed by atoms with Gasteiger partial charge < -0.3 is 5.11 Å². The largest absolute Gasteiger partial charge is 0.383 e. The van der Waals surface area contributed by atoms with E-state index in [1.165, 1.54) is 10.7 Å². The third kappa shape index (κ3) is 2.43. The lowest BCUT2D eigenvalue weighted by Gasteiger charge is -2.15. The minimum Gasteiger partial charge on any atom is -0.383 e. The Balaban J connectivity index is 2.62. The third-order valence-corrected chi connectivity index (χ3v) is 3.58. The first-order valence-electron chi connectivity index (χ1n) is 6.18. The minimum atomic E-state index is -1.49. The van der Waals surface area contributed by atoms with Gasteiger partial charge in [-0.1, -0.05) is 31.5 Å². The molecule has 6 heteroatoms. The van der Waals surface area contributed by atoms with Crippen LogP contribution in [0.15, 0.2) is 18.2 Å². The Morgan fingerprint density at radius 2 is 1.75 bits per heavy atom. The molecular formula is C14H15ClF2N2O. The molecule has 0 aliphatic carbocycles. The van der Waals surface area contributed by atoms with Gasteiger partial charge in [0, 0.05) is 12.6 Å². The zero-order chi connectivity index (χ0) is 15.0. The molecule has 0 saturated heterocycles. The maximum Gasteiger partial charge on any atom is 0.133 e. The lowest BCUT2D eigenvalue weighted by atomic mass is 9.96. The summed E-state index contributed by atoms with van der Waals surface area (Å²) >= 11 is 6.10. The van der Waals surface area contributed by atoms with Crippen molar-refractivity contribution in [1.29, 1.82) is 0 Å². The lowest BCUT2D eigenvalue weighted by Crippen LogP contribution is -2.08. The summed E-state index contributed by atoms with van der Waals surface area (Å²) in [5.41, 5.74) is 0.352. The highest BCUT2D eigenvalue weighted by molar-refractivity contribution is 6.30. The van der Waals surface area contributed by atoms with Crippen LogP contribution in [0.4, 0.5) is 8.78 Å². The molecule has 1 heterocycles. The monoisotopic (exact) mass is 300 g/mol. The van der Waals surface area contributed by atoms with E-state index in [1.807, 2.05) is 13.8 Å². The number of rotatable bonds is 3. The number of aliphatic hydroxyl groups excluding tert-OH is 1. The molecule has 20 heavy (non-hydrogen) atoms. The molecule has 0 radical (unpaired) electrons. The molecule has 2 aromatic rings. The summed E-state index contributed by atoms with van der Waals surface area (Å²) in [7, 11) is 1.61. The Kier molecular flexibility index (Phi) is 4.11. The molecule has 0 fully saturated rings. The van der Waals surface area contributed by atoms with E-state index in [0.29, 0.717) is 5.69 Å². The first-order chi connectivity index (χ1) is 9.34. The van der Waals surface area contributed by atoms with E-state index in [9.17, 15) is 13.9 Å². The smallest absolute Gasteiger partial charge is 0.133 e. The second kappa shape index (κ2) is 5.50. The van der Waals surface area contributed by atoms with E-state index < -0.39 is 23.3 Å². The van der Waals surface area contributed by atoms with Crippen molar-refractivity contribution in [3.05, 3.63) is 51.8 Å². The fourth-order valence-electron chi connectivity index (χ4n) is 2.14. The Bertz CT molecular complexity index is 620. The highest BCUT2D eigenvalue weighted by Gasteiger charge is 2.28. The Morgan fingerprint density at radius 1 is 1.20 bits per heavy atom. The Morgan fingerprint density at radius 3 is 2.25 bits per heavy atom. The fraction of sp³-hybridized carbons (Fsp3) is 0.357. The van der Waals surface area contributed by atoms with Crippen LogP contribution in [-0.4, -0.2) is 14.9 Å². The molecule has 1 unspecified atom stereocenters. The molecule has 0 bridgehead atoms. The highest BCUT2D eigenvalue weighted by atomic mass is 35.5. The summed E-state index contributed by atoms with van der Waals surface area (Å²) in [6.07, 6.45) is -1.49. The summed E-state index contributed by atoms with van der Waals surface area (Å²) in [6.45, 7) is 3.74. The van der Waals surface area contributed by atoms with Crippen LogP contribution < -0.4 is 0 Å². The average Bonchev–Trinajstić information content (AvgIpc) is 2.65. The minimum absolute atomic E-state index is 0.0341. The quantitative estimate of drug-likeness (QED) is 0.941. The molecular weight excluding hydrogens is 286 g/mol. The summed E-state index contributed by atoms with van der Waals surface area (Å²) in [5.74, 6) is -1.66. The van der Waals surface area contributed by atoms with Crippen LogP contribution >= 0.6 is 11.6 Å². The molecule has 0 aliphatic heterocycles. The van der Waals surface area contributed by atoms with Crippen molar-refractivity contribution in [3.63, 3.8) is 0 Å². The number of hydrogen-bond donors (Lipinski definition) is 1. The van der Waals surface area contributed by atoms with Gasteiger partial charge in [-0.15, -0.1) is 0 Å². The van der Waals surface area contributed by atoms with Crippen molar-refractivity contribution in [2.75, 3.05) is 0 Å². The third-order valence-electron chi connectivity index (χ3n) is 3.13. The Hall–Kier alpha value is -1.46. The predicted octanol–water partition coefficient (Wildman–Crippen LogP) is 3.56. The standard InChI is InChI=1S/C14H15ClF2N2O/c1-7(2)12-11(14(15)19(3)18-12)13(20)10-8(16)5-4-6-9(10)17/h4-7,13,20H,1-3H3. The van der Waals surface area contributed by atoms with Gasteiger partial charge in [0.1, 0.15) is 22.9 Å². The van der Waals surface area contributed by atoms with Crippen molar-refractivity contribution >= 4 is 11.6 Å². The number of aryl methyl sites for hydroxylation is 1. The molecule has 0 aliphatic rings. The summed E-state index contributed by atoms with van der Waals surface area (Å²) < 4.78 is 29.0. The van der Waals surface area contributed by atoms with E-state index in [1.54, 1.807) is 7.05 Å². The van der Waals surface area contributed by atoms with Crippen molar-refractivity contribution in [2.24, 2.45) is 7.05 Å². The maximum absolute atomic E-state index is 13.8. The van der Waals surface area contributed by atoms with Crippen LogP contribution in [0.5, 0.6) is 0 Å². The second-order valence-corrected chi connectivity index (χ2v) is 5.26. The highest BCUT2D eigenvalue weighted by Crippen LogP contribution is 2.36. The van der Waals surface area contributed by atoms with E-state index in [-0.39, 0.29) is 16.6 Å². The number of nitrogens with zero attached hydrogens (tertiary/aromatic N) is 2. The Labute approximate surface area is 120 Å². The summed E-state index contributed by atoms with van der Waals surface area (Å²) in [5, 5.41) is 14.7. The molecule has 1 aromatic carbocycles. The van der Waals surface area contributed by atoms with Crippen LogP contribution in [-0.2, 0) is 7.05 Å². The average molecular weight is 301 g/mol. The van der Waals surface area contributed by atoms with E-state index in [2.05, 4.69) is 5.10 Å². The van der Waals surface area contributed by atoms with Gasteiger partial charge in [0.2, 0.25) is 0 Å². The number of aromatic nitrogens is 2. The van der Waals surface area contributed by atoms with Crippen LogP contribution in [0.25, 0.3) is 0 Å². The van der Waals surface area contributed by atoms with Gasteiger partial charge in [0.15, 0.2) is 0 Å². The zero-order valence-electron chi connectivity index (χ0n) is 11.4. The van der Waals surface area contributed by atoms with Crippen molar-refractivity contribution in [1.82, 2.24) is 9.78 Å². The summed E-state index contributed by atoms with van der Waals surface area (Å²) in [4.78, 5) is 0. The van der Waals surface area contributed by atoms with Crippen LogP contribution in [0.1, 0.15) is 42.7 Å². The fourth-order valence-corrected chi connectivity index (χ4v) is 2.37. The van der Waals surface area contributed by atoms with Crippen molar-refractivity contribution in [2.45, 2.75) is 25.9 Å². The number of aliphatic hydroxyl groups is 1. The van der Waals surface area contributed by atoms with Crippen molar-refractivity contribution in [3.8, 4) is 0 Å². The number of benzene rings is 1. The van der Waals surface area contributed by atoms with Gasteiger partial charge in [-0.2, -0.15) is 5.10 Å². The number of halogens is 3. The lowest BCUT2D eigenvalue weighted by molar-refractivity contribution is 0.207. The molecule has 0 saturated carbocycles. The first kappa shape index (κ1) is 14.9. The molecule has 1 N–H and O–H groups in total. The van der Waals surface area contributed by atoms with Gasteiger partial charge >= 0.3 is 0 Å². The second-order valence-electron chi connectivity index (χ2n) is 4.91. The predicted molar refractivity (Wildman–Crippen MR) is 72.7 cm³/mol.